The normalized spacial score (nSPS) is 14.6. The second-order valence-electron chi connectivity index (χ2n) is 6.06. The Morgan fingerprint density at radius 2 is 1.88 bits per heavy atom. The fraction of sp³-hybridized carbons (Fsp3) is 0.263. The number of likely N-dealkylation sites (tertiary alicyclic amines) is 1. The minimum Gasteiger partial charge on any atom is -0.505 e. The Balaban J connectivity index is 1.57. The number of anilines is 1. The molecule has 2 aromatic rings. The Labute approximate surface area is 146 Å². The molecule has 0 atom stereocenters. The lowest BCUT2D eigenvalue weighted by Gasteiger charge is -2.38. The Morgan fingerprint density at radius 3 is 2.56 bits per heavy atom. The molecule has 0 saturated carbocycles. The summed E-state index contributed by atoms with van der Waals surface area (Å²) in [5.74, 6) is -1.22. The summed E-state index contributed by atoms with van der Waals surface area (Å²) < 4.78 is 4.61. The molecule has 3 rings (SSSR count). The average molecular weight is 340 g/mol. The van der Waals surface area contributed by atoms with Crippen LogP contribution >= 0.6 is 0 Å². The molecular weight excluding hydrogens is 320 g/mol. The molecule has 0 bridgehead atoms. The van der Waals surface area contributed by atoms with Gasteiger partial charge in [-0.1, -0.05) is 36.4 Å². The molecule has 2 N–H and O–H groups in total. The zero-order chi connectivity index (χ0) is 17.8. The van der Waals surface area contributed by atoms with Crippen molar-refractivity contribution in [2.24, 2.45) is 5.92 Å². The molecule has 0 unspecified atom stereocenters. The first-order valence-corrected chi connectivity index (χ1v) is 8.06. The van der Waals surface area contributed by atoms with E-state index in [1.165, 1.54) is 18.7 Å². The van der Waals surface area contributed by atoms with E-state index in [1.807, 2.05) is 18.2 Å². The van der Waals surface area contributed by atoms with Gasteiger partial charge in [-0.05, 0) is 17.7 Å². The third kappa shape index (κ3) is 3.80. The van der Waals surface area contributed by atoms with E-state index in [0.717, 1.165) is 6.54 Å². The molecule has 6 heteroatoms. The number of para-hydroxylation sites is 1. The molecule has 2 aromatic carbocycles. The minimum absolute atomic E-state index is 0.0274. The SMILES string of the molecule is COC(=O)c1cccc(NC(=O)C2CN(Cc3ccccc3)C2)c1O. The summed E-state index contributed by atoms with van der Waals surface area (Å²) in [4.78, 5) is 26.1. The van der Waals surface area contributed by atoms with Crippen molar-refractivity contribution >= 4 is 17.6 Å². The number of methoxy groups -OCH3 is 1. The molecule has 1 amide bonds. The third-order valence-electron chi connectivity index (χ3n) is 4.28. The van der Waals surface area contributed by atoms with Crippen LogP contribution in [0.15, 0.2) is 48.5 Å². The predicted molar refractivity (Wildman–Crippen MR) is 93.3 cm³/mol. The minimum atomic E-state index is -0.647. The van der Waals surface area contributed by atoms with Crippen LogP contribution in [0.4, 0.5) is 5.69 Å². The lowest BCUT2D eigenvalue weighted by molar-refractivity contribution is -0.125. The maximum absolute atomic E-state index is 12.3. The number of hydrogen-bond donors (Lipinski definition) is 2. The smallest absolute Gasteiger partial charge is 0.341 e. The van der Waals surface area contributed by atoms with E-state index < -0.39 is 5.97 Å². The molecule has 130 valence electrons. The zero-order valence-corrected chi connectivity index (χ0v) is 13.9. The third-order valence-corrected chi connectivity index (χ3v) is 4.28. The van der Waals surface area contributed by atoms with Gasteiger partial charge in [0.2, 0.25) is 5.91 Å². The quantitative estimate of drug-likeness (QED) is 0.645. The number of amides is 1. The highest BCUT2D eigenvalue weighted by atomic mass is 16.5. The first-order valence-electron chi connectivity index (χ1n) is 8.06. The topological polar surface area (TPSA) is 78.9 Å². The number of nitrogens with zero attached hydrogens (tertiary/aromatic N) is 1. The van der Waals surface area contributed by atoms with Crippen molar-refractivity contribution in [3.63, 3.8) is 0 Å². The number of phenolic OH excluding ortho intramolecular Hbond substituents is 1. The van der Waals surface area contributed by atoms with E-state index in [-0.39, 0.29) is 28.8 Å². The zero-order valence-electron chi connectivity index (χ0n) is 13.9. The first kappa shape index (κ1) is 17.0. The van der Waals surface area contributed by atoms with E-state index in [2.05, 4.69) is 27.1 Å². The molecule has 25 heavy (non-hydrogen) atoms. The lowest BCUT2D eigenvalue weighted by atomic mass is 9.98. The van der Waals surface area contributed by atoms with E-state index in [1.54, 1.807) is 12.1 Å². The molecule has 1 fully saturated rings. The maximum Gasteiger partial charge on any atom is 0.341 e. The second-order valence-corrected chi connectivity index (χ2v) is 6.06. The Hall–Kier alpha value is -2.86. The van der Waals surface area contributed by atoms with Crippen molar-refractivity contribution in [1.29, 1.82) is 0 Å². The van der Waals surface area contributed by atoms with Crippen LogP contribution in [-0.4, -0.2) is 42.1 Å². The van der Waals surface area contributed by atoms with Crippen molar-refractivity contribution in [3.05, 3.63) is 59.7 Å². The fourth-order valence-electron chi connectivity index (χ4n) is 2.86. The van der Waals surface area contributed by atoms with Gasteiger partial charge in [0.15, 0.2) is 5.75 Å². The van der Waals surface area contributed by atoms with E-state index in [0.29, 0.717) is 13.1 Å². The van der Waals surface area contributed by atoms with Gasteiger partial charge >= 0.3 is 5.97 Å². The van der Waals surface area contributed by atoms with E-state index >= 15 is 0 Å². The van der Waals surface area contributed by atoms with Gasteiger partial charge in [0.25, 0.3) is 0 Å². The second kappa shape index (κ2) is 7.36. The van der Waals surface area contributed by atoms with Crippen molar-refractivity contribution in [3.8, 4) is 5.75 Å². The molecule has 6 nitrogen and oxygen atoms in total. The van der Waals surface area contributed by atoms with E-state index in [4.69, 9.17) is 0 Å². The largest absolute Gasteiger partial charge is 0.505 e. The summed E-state index contributed by atoms with van der Waals surface area (Å²) >= 11 is 0. The number of carbonyl (C=O) groups excluding carboxylic acids is 2. The van der Waals surface area contributed by atoms with Gasteiger partial charge in [-0.25, -0.2) is 4.79 Å². The number of carbonyl (C=O) groups is 2. The van der Waals surface area contributed by atoms with Crippen LogP contribution in [0.5, 0.6) is 5.75 Å². The molecule has 1 heterocycles. The molecule has 0 radical (unpaired) electrons. The molecule has 1 aliphatic heterocycles. The Bertz CT molecular complexity index is 770. The summed E-state index contributed by atoms with van der Waals surface area (Å²) in [6, 6.07) is 14.7. The van der Waals surface area contributed by atoms with Gasteiger partial charge in [-0.15, -0.1) is 0 Å². The summed E-state index contributed by atoms with van der Waals surface area (Å²) in [5, 5.41) is 12.8. The van der Waals surface area contributed by atoms with Crippen LogP contribution < -0.4 is 5.32 Å². The van der Waals surface area contributed by atoms with Crippen LogP contribution in [0, 0.1) is 5.92 Å². The van der Waals surface area contributed by atoms with Crippen LogP contribution in [0.1, 0.15) is 15.9 Å². The van der Waals surface area contributed by atoms with Gasteiger partial charge < -0.3 is 15.2 Å². The highest BCUT2D eigenvalue weighted by Gasteiger charge is 2.33. The summed E-state index contributed by atoms with van der Waals surface area (Å²) in [5.41, 5.74) is 1.46. The molecular formula is C19H20N2O4. The summed E-state index contributed by atoms with van der Waals surface area (Å²) in [6.07, 6.45) is 0. The average Bonchev–Trinajstić information content (AvgIpc) is 2.59. The van der Waals surface area contributed by atoms with Crippen LogP contribution in [0.3, 0.4) is 0 Å². The molecule has 1 saturated heterocycles. The van der Waals surface area contributed by atoms with Crippen molar-refractivity contribution in [1.82, 2.24) is 4.90 Å². The monoisotopic (exact) mass is 340 g/mol. The number of benzene rings is 2. The fourth-order valence-corrected chi connectivity index (χ4v) is 2.86. The Kier molecular flexibility index (Phi) is 5.00. The number of aromatic hydroxyl groups is 1. The molecule has 1 aliphatic rings. The van der Waals surface area contributed by atoms with Gasteiger partial charge in [0.1, 0.15) is 5.56 Å². The van der Waals surface area contributed by atoms with Gasteiger partial charge in [-0.2, -0.15) is 0 Å². The highest BCUT2D eigenvalue weighted by Crippen LogP contribution is 2.29. The van der Waals surface area contributed by atoms with Gasteiger partial charge in [0, 0.05) is 19.6 Å². The Morgan fingerprint density at radius 1 is 1.16 bits per heavy atom. The predicted octanol–water partition coefficient (Wildman–Crippen LogP) is 2.25. The summed E-state index contributed by atoms with van der Waals surface area (Å²) in [6.45, 7) is 2.14. The lowest BCUT2D eigenvalue weighted by Crippen LogP contribution is -2.51. The van der Waals surface area contributed by atoms with Crippen molar-refractivity contribution < 1.29 is 19.4 Å². The number of hydrogen-bond acceptors (Lipinski definition) is 5. The van der Waals surface area contributed by atoms with Gasteiger partial charge in [0.05, 0.1) is 18.7 Å². The molecule has 0 aromatic heterocycles. The van der Waals surface area contributed by atoms with Crippen LogP contribution in [0.2, 0.25) is 0 Å². The van der Waals surface area contributed by atoms with Crippen molar-refractivity contribution in [2.75, 3.05) is 25.5 Å². The van der Waals surface area contributed by atoms with Crippen LogP contribution in [-0.2, 0) is 16.1 Å². The number of rotatable bonds is 5. The van der Waals surface area contributed by atoms with Gasteiger partial charge in [-0.3, -0.25) is 9.69 Å². The standard InChI is InChI=1S/C19H20N2O4/c1-25-19(24)15-8-5-9-16(17(15)22)20-18(23)14-11-21(12-14)10-13-6-3-2-4-7-13/h2-9,14,22H,10-12H2,1H3,(H,20,23). The highest BCUT2D eigenvalue weighted by molar-refractivity contribution is 5.99. The number of phenols is 1. The van der Waals surface area contributed by atoms with Crippen LogP contribution in [0.25, 0.3) is 0 Å². The molecule has 0 spiro atoms. The first-order chi connectivity index (χ1) is 12.1. The number of esters is 1. The van der Waals surface area contributed by atoms with Crippen molar-refractivity contribution in [2.45, 2.75) is 6.54 Å². The maximum atomic E-state index is 12.3. The number of ether oxygens (including phenoxy) is 1. The number of nitrogens with one attached hydrogen (secondary N) is 1. The molecule has 0 aliphatic carbocycles. The summed E-state index contributed by atoms with van der Waals surface area (Å²) in [7, 11) is 1.24. The van der Waals surface area contributed by atoms with E-state index in [9.17, 15) is 14.7 Å².